The van der Waals surface area contributed by atoms with E-state index in [9.17, 15) is 9.59 Å². The van der Waals surface area contributed by atoms with Crippen LogP contribution in [0.4, 0.5) is 5.69 Å². The largest absolute Gasteiger partial charge is 0.329 e. The van der Waals surface area contributed by atoms with E-state index in [0.29, 0.717) is 5.69 Å². The monoisotopic (exact) mass is 402 g/mol. The molecule has 0 radical (unpaired) electrons. The lowest BCUT2D eigenvalue weighted by Gasteiger charge is -2.13. The van der Waals surface area contributed by atoms with Crippen molar-refractivity contribution in [2.24, 2.45) is 5.10 Å². The molecular weight excluding hydrogens is 376 g/mol. The molecule has 3 aromatic rings. The molecule has 0 saturated carbocycles. The van der Waals surface area contributed by atoms with Crippen molar-refractivity contribution in [3.63, 3.8) is 0 Å². The van der Waals surface area contributed by atoms with E-state index >= 15 is 0 Å². The molecule has 0 saturated heterocycles. The number of amides is 2. The number of anilines is 1. The van der Waals surface area contributed by atoms with E-state index in [2.05, 4.69) is 52.5 Å². The average molecular weight is 402 g/mol. The van der Waals surface area contributed by atoms with Gasteiger partial charge < -0.3 is 9.88 Å². The Morgan fingerprint density at radius 1 is 0.867 bits per heavy atom. The van der Waals surface area contributed by atoms with Crippen molar-refractivity contribution in [1.82, 2.24) is 9.99 Å². The number of nitrogens with zero attached hydrogens (tertiary/aromatic N) is 2. The lowest BCUT2D eigenvalue weighted by molar-refractivity contribution is -0.136. The normalized spacial score (nSPS) is 11.0. The Morgan fingerprint density at radius 2 is 1.53 bits per heavy atom. The van der Waals surface area contributed by atoms with E-state index in [1.54, 1.807) is 18.3 Å². The molecule has 0 aliphatic carbocycles. The quantitative estimate of drug-likeness (QED) is 0.391. The smallest absolute Gasteiger partial charge is 0.318 e. The molecule has 154 valence electrons. The zero-order chi connectivity index (χ0) is 21.8. The van der Waals surface area contributed by atoms with Gasteiger partial charge in [0.25, 0.3) is 0 Å². The molecule has 0 atom stereocenters. The first-order valence-electron chi connectivity index (χ1n) is 9.74. The Labute approximate surface area is 176 Å². The van der Waals surface area contributed by atoms with Crippen LogP contribution in [-0.2, 0) is 9.59 Å². The zero-order valence-electron chi connectivity index (χ0n) is 17.9. The molecule has 0 unspecified atom stereocenters. The molecule has 1 heterocycles. The zero-order valence-corrected chi connectivity index (χ0v) is 17.9. The standard InChI is InChI=1S/C24H26N4O2/c1-15-7-10-21(11-8-15)26-23(29)24(30)27-25-14-20-13-18(4)28(19(20)5)22-12-16(2)6-9-17(22)3/h6-14H,1-5H3,(H,26,29)(H,27,30)/b25-14-. The highest BCUT2D eigenvalue weighted by atomic mass is 16.2. The van der Waals surface area contributed by atoms with Crippen molar-refractivity contribution in [3.05, 3.63) is 82.2 Å². The van der Waals surface area contributed by atoms with Crippen LogP contribution >= 0.6 is 0 Å². The van der Waals surface area contributed by atoms with Gasteiger partial charge in [-0.05, 0) is 70.0 Å². The maximum absolute atomic E-state index is 12.0. The molecule has 2 amide bonds. The lowest BCUT2D eigenvalue weighted by atomic mass is 10.1. The van der Waals surface area contributed by atoms with Crippen LogP contribution < -0.4 is 10.7 Å². The molecule has 0 bridgehead atoms. The maximum atomic E-state index is 12.0. The topological polar surface area (TPSA) is 75.5 Å². The van der Waals surface area contributed by atoms with Gasteiger partial charge in [-0.15, -0.1) is 0 Å². The highest BCUT2D eigenvalue weighted by Crippen LogP contribution is 2.23. The van der Waals surface area contributed by atoms with E-state index in [0.717, 1.165) is 28.2 Å². The Balaban J connectivity index is 1.70. The van der Waals surface area contributed by atoms with E-state index < -0.39 is 11.8 Å². The van der Waals surface area contributed by atoms with E-state index in [1.807, 2.05) is 39.0 Å². The average Bonchev–Trinajstić information content (AvgIpc) is 2.98. The fourth-order valence-electron chi connectivity index (χ4n) is 3.29. The second-order valence-corrected chi connectivity index (χ2v) is 7.47. The number of hydrogen-bond acceptors (Lipinski definition) is 3. The predicted molar refractivity (Wildman–Crippen MR) is 120 cm³/mol. The molecule has 6 nitrogen and oxygen atoms in total. The number of aromatic nitrogens is 1. The first-order valence-corrected chi connectivity index (χ1v) is 9.74. The molecule has 0 fully saturated rings. The Hall–Kier alpha value is -3.67. The van der Waals surface area contributed by atoms with Crippen molar-refractivity contribution in [2.45, 2.75) is 34.6 Å². The number of carbonyl (C=O) groups excluding carboxylic acids is 2. The van der Waals surface area contributed by atoms with Gasteiger partial charge in [0, 0.05) is 28.3 Å². The molecular formula is C24H26N4O2. The van der Waals surface area contributed by atoms with Crippen LogP contribution in [0.1, 0.15) is 33.6 Å². The van der Waals surface area contributed by atoms with Gasteiger partial charge in [0.2, 0.25) is 0 Å². The lowest BCUT2D eigenvalue weighted by Crippen LogP contribution is -2.32. The summed E-state index contributed by atoms with van der Waals surface area (Å²) in [5.41, 5.74) is 10.3. The second-order valence-electron chi connectivity index (χ2n) is 7.47. The van der Waals surface area contributed by atoms with Crippen LogP contribution in [0.3, 0.4) is 0 Å². The fraction of sp³-hybridized carbons (Fsp3) is 0.208. The summed E-state index contributed by atoms with van der Waals surface area (Å²) in [6, 6.07) is 15.5. The summed E-state index contributed by atoms with van der Waals surface area (Å²) < 4.78 is 2.16. The first kappa shape index (κ1) is 21.0. The summed E-state index contributed by atoms with van der Waals surface area (Å²) >= 11 is 0. The molecule has 2 aromatic carbocycles. The Kier molecular flexibility index (Phi) is 6.16. The van der Waals surface area contributed by atoms with Gasteiger partial charge >= 0.3 is 11.8 Å². The first-order chi connectivity index (χ1) is 14.3. The van der Waals surface area contributed by atoms with Crippen LogP contribution in [-0.4, -0.2) is 22.6 Å². The van der Waals surface area contributed by atoms with Gasteiger partial charge in [-0.1, -0.05) is 29.8 Å². The van der Waals surface area contributed by atoms with Crippen molar-refractivity contribution in [1.29, 1.82) is 0 Å². The maximum Gasteiger partial charge on any atom is 0.329 e. The van der Waals surface area contributed by atoms with E-state index in [1.165, 1.54) is 11.1 Å². The summed E-state index contributed by atoms with van der Waals surface area (Å²) in [5, 5.41) is 6.51. The molecule has 1 aromatic heterocycles. The van der Waals surface area contributed by atoms with Crippen molar-refractivity contribution in [2.75, 3.05) is 5.32 Å². The molecule has 3 rings (SSSR count). The highest BCUT2D eigenvalue weighted by molar-refractivity contribution is 6.39. The molecule has 2 N–H and O–H groups in total. The third kappa shape index (κ3) is 4.66. The van der Waals surface area contributed by atoms with Gasteiger partial charge in [0.05, 0.1) is 6.21 Å². The van der Waals surface area contributed by atoms with Crippen molar-refractivity contribution < 1.29 is 9.59 Å². The highest BCUT2D eigenvalue weighted by Gasteiger charge is 2.14. The fourth-order valence-corrected chi connectivity index (χ4v) is 3.29. The van der Waals surface area contributed by atoms with Crippen molar-refractivity contribution in [3.8, 4) is 5.69 Å². The summed E-state index contributed by atoms with van der Waals surface area (Å²) in [6.07, 6.45) is 1.56. The minimum atomic E-state index is -0.824. The third-order valence-electron chi connectivity index (χ3n) is 4.96. The number of nitrogens with one attached hydrogen (secondary N) is 2. The van der Waals surface area contributed by atoms with Gasteiger partial charge in [-0.2, -0.15) is 5.10 Å². The number of carbonyl (C=O) groups is 2. The van der Waals surface area contributed by atoms with Crippen LogP contribution in [0.15, 0.2) is 53.6 Å². The molecule has 30 heavy (non-hydrogen) atoms. The van der Waals surface area contributed by atoms with Crippen LogP contribution in [0, 0.1) is 34.6 Å². The third-order valence-corrected chi connectivity index (χ3v) is 4.96. The SMILES string of the molecule is Cc1ccc(NC(=O)C(=O)N/N=C\c2cc(C)n(-c3cc(C)ccc3C)c2C)cc1. The van der Waals surface area contributed by atoms with E-state index in [-0.39, 0.29) is 0 Å². The summed E-state index contributed by atoms with van der Waals surface area (Å²) in [4.78, 5) is 24.0. The second kappa shape index (κ2) is 8.78. The number of aryl methyl sites for hydroxylation is 4. The molecule has 0 aliphatic rings. The van der Waals surface area contributed by atoms with Gasteiger partial charge in [0.15, 0.2) is 0 Å². The number of rotatable bonds is 4. The van der Waals surface area contributed by atoms with Crippen LogP contribution in [0.2, 0.25) is 0 Å². The van der Waals surface area contributed by atoms with Gasteiger partial charge in [0.1, 0.15) is 0 Å². The number of benzene rings is 2. The van der Waals surface area contributed by atoms with Crippen LogP contribution in [0.5, 0.6) is 0 Å². The van der Waals surface area contributed by atoms with Gasteiger partial charge in [-0.3, -0.25) is 9.59 Å². The number of hydrazone groups is 1. The minimum Gasteiger partial charge on any atom is -0.318 e. The minimum absolute atomic E-state index is 0.557. The Bertz CT molecular complexity index is 1120. The summed E-state index contributed by atoms with van der Waals surface area (Å²) in [5.74, 6) is -1.59. The summed E-state index contributed by atoms with van der Waals surface area (Å²) in [6.45, 7) is 10.1. The van der Waals surface area contributed by atoms with E-state index in [4.69, 9.17) is 0 Å². The number of hydrogen-bond donors (Lipinski definition) is 2. The van der Waals surface area contributed by atoms with Crippen LogP contribution in [0.25, 0.3) is 5.69 Å². The predicted octanol–water partition coefficient (Wildman–Crippen LogP) is 4.11. The van der Waals surface area contributed by atoms with Gasteiger partial charge in [-0.25, -0.2) is 5.43 Å². The van der Waals surface area contributed by atoms with Crippen molar-refractivity contribution >= 4 is 23.7 Å². The molecule has 0 spiro atoms. The Morgan fingerprint density at radius 3 is 2.23 bits per heavy atom. The summed E-state index contributed by atoms with van der Waals surface area (Å²) in [7, 11) is 0. The molecule has 0 aliphatic heterocycles. The molecule has 6 heteroatoms.